The Morgan fingerprint density at radius 2 is 2.26 bits per heavy atom. The molecule has 0 spiro atoms. The number of carbonyl (C=O) groups is 2. The first kappa shape index (κ1) is 13.4. The van der Waals surface area contributed by atoms with Crippen LogP contribution in [0.1, 0.15) is 24.4 Å². The number of hydrogen-bond acceptors (Lipinski definition) is 3. The van der Waals surface area contributed by atoms with Crippen LogP contribution in [0, 0.1) is 12.8 Å². The van der Waals surface area contributed by atoms with Crippen molar-refractivity contribution in [3.63, 3.8) is 0 Å². The number of rotatable bonds is 3. The van der Waals surface area contributed by atoms with E-state index in [2.05, 4.69) is 0 Å². The van der Waals surface area contributed by atoms with E-state index in [9.17, 15) is 9.59 Å². The number of aryl methyl sites for hydroxylation is 1. The second-order valence-corrected chi connectivity index (χ2v) is 4.81. The fourth-order valence-corrected chi connectivity index (χ4v) is 2.21. The van der Waals surface area contributed by atoms with Crippen molar-refractivity contribution in [2.45, 2.75) is 19.8 Å². The summed E-state index contributed by atoms with van der Waals surface area (Å²) in [5, 5.41) is 0. The molecule has 1 fully saturated rings. The monoisotopic (exact) mass is 262 g/mol. The first-order valence-electron chi connectivity index (χ1n) is 6.39. The lowest BCUT2D eigenvalue weighted by Crippen LogP contribution is -2.43. The molecule has 0 saturated carbocycles. The lowest BCUT2D eigenvalue weighted by atomic mass is 9.97. The summed E-state index contributed by atoms with van der Waals surface area (Å²) in [4.78, 5) is 24.8. The van der Waals surface area contributed by atoms with Gasteiger partial charge in [0.1, 0.15) is 11.5 Å². The molecule has 1 saturated heterocycles. The molecular formula is C14H18N2O3. The summed E-state index contributed by atoms with van der Waals surface area (Å²) in [6.07, 6.45) is 4.69. The van der Waals surface area contributed by atoms with Gasteiger partial charge in [0.25, 0.3) is 0 Å². The van der Waals surface area contributed by atoms with Crippen molar-refractivity contribution >= 4 is 17.9 Å². The van der Waals surface area contributed by atoms with Gasteiger partial charge in [0, 0.05) is 19.2 Å². The molecule has 0 unspecified atom stereocenters. The Hall–Kier alpha value is -2.04. The first-order chi connectivity index (χ1) is 9.06. The number of furan rings is 1. The number of piperidine rings is 1. The quantitative estimate of drug-likeness (QED) is 0.835. The minimum Gasteiger partial charge on any atom is -0.462 e. The zero-order chi connectivity index (χ0) is 13.8. The molecule has 2 N–H and O–H groups in total. The summed E-state index contributed by atoms with van der Waals surface area (Å²) in [5.74, 6) is 0.785. The molecule has 1 atom stereocenters. The molecule has 5 heteroatoms. The Bertz CT molecular complexity index is 505. The second-order valence-electron chi connectivity index (χ2n) is 4.81. The molecule has 2 rings (SSSR count). The maximum Gasteiger partial charge on any atom is 0.246 e. The summed E-state index contributed by atoms with van der Waals surface area (Å²) in [7, 11) is 0. The van der Waals surface area contributed by atoms with Crippen LogP contribution in [0.4, 0.5) is 0 Å². The highest BCUT2D eigenvalue weighted by molar-refractivity contribution is 5.92. The van der Waals surface area contributed by atoms with E-state index in [1.54, 1.807) is 11.0 Å². The number of nitrogens with two attached hydrogens (primary N) is 1. The van der Waals surface area contributed by atoms with Crippen LogP contribution in [-0.4, -0.2) is 29.8 Å². The van der Waals surface area contributed by atoms with Crippen molar-refractivity contribution in [3.05, 3.63) is 29.7 Å². The molecule has 1 aliphatic heterocycles. The van der Waals surface area contributed by atoms with Crippen molar-refractivity contribution in [2.75, 3.05) is 13.1 Å². The van der Waals surface area contributed by atoms with E-state index >= 15 is 0 Å². The number of nitrogens with zero attached hydrogens (tertiary/aromatic N) is 1. The third-order valence-corrected chi connectivity index (χ3v) is 3.29. The van der Waals surface area contributed by atoms with E-state index in [1.165, 1.54) is 6.08 Å². The highest BCUT2D eigenvalue weighted by Gasteiger charge is 2.25. The Kier molecular flexibility index (Phi) is 4.04. The normalized spacial score (nSPS) is 19.8. The number of amides is 2. The average Bonchev–Trinajstić information content (AvgIpc) is 2.82. The fourth-order valence-electron chi connectivity index (χ4n) is 2.21. The Balaban J connectivity index is 1.96. The van der Waals surface area contributed by atoms with Crippen LogP contribution in [0.15, 0.2) is 22.6 Å². The molecule has 0 radical (unpaired) electrons. The lowest BCUT2D eigenvalue weighted by molar-refractivity contribution is -0.130. The van der Waals surface area contributed by atoms with E-state index in [0.717, 1.165) is 18.6 Å². The highest BCUT2D eigenvalue weighted by Crippen LogP contribution is 2.16. The minimum atomic E-state index is -0.330. The van der Waals surface area contributed by atoms with Gasteiger partial charge in [-0.05, 0) is 38.0 Å². The molecule has 1 aromatic heterocycles. The van der Waals surface area contributed by atoms with Gasteiger partial charge in [-0.1, -0.05) is 0 Å². The number of primary amides is 1. The van der Waals surface area contributed by atoms with Gasteiger partial charge in [-0.25, -0.2) is 0 Å². The zero-order valence-corrected chi connectivity index (χ0v) is 11.0. The molecule has 1 aliphatic rings. The van der Waals surface area contributed by atoms with Gasteiger partial charge in [-0.2, -0.15) is 0 Å². The van der Waals surface area contributed by atoms with Crippen LogP contribution in [-0.2, 0) is 9.59 Å². The van der Waals surface area contributed by atoms with Crippen LogP contribution in [0.2, 0.25) is 0 Å². The largest absolute Gasteiger partial charge is 0.462 e. The topological polar surface area (TPSA) is 76.5 Å². The van der Waals surface area contributed by atoms with Crippen molar-refractivity contribution in [1.29, 1.82) is 0 Å². The molecule has 2 amide bonds. The van der Waals surface area contributed by atoms with Gasteiger partial charge in [0.2, 0.25) is 11.8 Å². The Morgan fingerprint density at radius 1 is 1.47 bits per heavy atom. The maximum absolute atomic E-state index is 12.0. The van der Waals surface area contributed by atoms with E-state index in [4.69, 9.17) is 10.2 Å². The van der Waals surface area contributed by atoms with Gasteiger partial charge in [0.05, 0.1) is 5.92 Å². The predicted molar refractivity (Wildman–Crippen MR) is 71.0 cm³/mol. The van der Waals surface area contributed by atoms with Gasteiger partial charge < -0.3 is 15.1 Å². The van der Waals surface area contributed by atoms with E-state index < -0.39 is 0 Å². The fraction of sp³-hybridized carbons (Fsp3) is 0.429. The Labute approximate surface area is 112 Å². The molecule has 0 aromatic carbocycles. The average molecular weight is 262 g/mol. The predicted octanol–water partition coefficient (Wildman–Crippen LogP) is 1.33. The first-order valence-corrected chi connectivity index (χ1v) is 6.39. The Morgan fingerprint density at radius 3 is 2.89 bits per heavy atom. The molecule has 102 valence electrons. The molecule has 1 aromatic rings. The van der Waals surface area contributed by atoms with E-state index in [1.807, 2.05) is 19.1 Å². The summed E-state index contributed by atoms with van der Waals surface area (Å²) < 4.78 is 5.35. The minimum absolute atomic E-state index is 0.111. The third kappa shape index (κ3) is 3.47. The van der Waals surface area contributed by atoms with Crippen LogP contribution < -0.4 is 5.73 Å². The molecule has 0 bridgehead atoms. The smallest absolute Gasteiger partial charge is 0.246 e. The lowest BCUT2D eigenvalue weighted by Gasteiger charge is -2.30. The number of carbonyl (C=O) groups excluding carboxylic acids is 2. The maximum atomic E-state index is 12.0. The zero-order valence-electron chi connectivity index (χ0n) is 11.0. The van der Waals surface area contributed by atoms with Crippen LogP contribution in [0.5, 0.6) is 0 Å². The molecular weight excluding hydrogens is 244 g/mol. The molecule has 0 aliphatic carbocycles. The van der Waals surface area contributed by atoms with Crippen LogP contribution in [0.25, 0.3) is 6.08 Å². The summed E-state index contributed by atoms with van der Waals surface area (Å²) in [5.41, 5.74) is 5.29. The highest BCUT2D eigenvalue weighted by atomic mass is 16.3. The van der Waals surface area contributed by atoms with E-state index in [0.29, 0.717) is 18.8 Å². The van der Waals surface area contributed by atoms with Crippen molar-refractivity contribution < 1.29 is 14.0 Å². The summed E-state index contributed by atoms with van der Waals surface area (Å²) in [6, 6.07) is 3.65. The third-order valence-electron chi connectivity index (χ3n) is 3.29. The second kappa shape index (κ2) is 5.73. The van der Waals surface area contributed by atoms with Crippen molar-refractivity contribution in [1.82, 2.24) is 4.90 Å². The van der Waals surface area contributed by atoms with Gasteiger partial charge in [0.15, 0.2) is 0 Å². The van der Waals surface area contributed by atoms with Gasteiger partial charge in [-0.15, -0.1) is 0 Å². The SMILES string of the molecule is Cc1ccc(/C=C/C(=O)N2CCC[C@@H](C(N)=O)C2)o1. The van der Waals surface area contributed by atoms with Crippen LogP contribution in [0.3, 0.4) is 0 Å². The standard InChI is InChI=1S/C14H18N2O3/c1-10-4-5-12(19-10)6-7-13(17)16-8-2-3-11(9-16)14(15)18/h4-7,11H,2-3,8-9H2,1H3,(H2,15,18)/b7-6+/t11-/m1/s1. The van der Waals surface area contributed by atoms with E-state index in [-0.39, 0.29) is 17.7 Å². The van der Waals surface area contributed by atoms with Crippen LogP contribution >= 0.6 is 0 Å². The number of likely N-dealkylation sites (tertiary alicyclic amines) is 1. The number of hydrogen-bond donors (Lipinski definition) is 1. The summed E-state index contributed by atoms with van der Waals surface area (Å²) in [6.45, 7) is 2.93. The molecule has 2 heterocycles. The van der Waals surface area contributed by atoms with Crippen molar-refractivity contribution in [3.8, 4) is 0 Å². The summed E-state index contributed by atoms with van der Waals surface area (Å²) >= 11 is 0. The van der Waals surface area contributed by atoms with Gasteiger partial charge >= 0.3 is 0 Å². The molecule has 5 nitrogen and oxygen atoms in total. The van der Waals surface area contributed by atoms with Crippen molar-refractivity contribution in [2.24, 2.45) is 11.7 Å². The molecule has 19 heavy (non-hydrogen) atoms. The van der Waals surface area contributed by atoms with Gasteiger partial charge in [-0.3, -0.25) is 9.59 Å².